The van der Waals surface area contributed by atoms with Gasteiger partial charge in [0.05, 0.1) is 18.8 Å². The van der Waals surface area contributed by atoms with Crippen LogP contribution < -0.4 is 10.6 Å². The van der Waals surface area contributed by atoms with Crippen molar-refractivity contribution in [2.45, 2.75) is 20.3 Å². The van der Waals surface area contributed by atoms with E-state index in [0.29, 0.717) is 18.7 Å². The first kappa shape index (κ1) is 21.4. The van der Waals surface area contributed by atoms with Crippen LogP contribution in [0.15, 0.2) is 36.4 Å². The minimum absolute atomic E-state index is 0.0462. The summed E-state index contributed by atoms with van der Waals surface area (Å²) < 4.78 is 39.9. The molecule has 28 heavy (non-hydrogen) atoms. The molecule has 2 N–H and O–H groups in total. The molecule has 0 aliphatic rings. The molecule has 0 aromatic heterocycles. The molecule has 0 saturated heterocycles. The van der Waals surface area contributed by atoms with Crippen molar-refractivity contribution in [1.29, 1.82) is 0 Å². The Balaban J connectivity index is 1.95. The standard InChI is InChI=1S/C20H22F3N3O2/c1-3-10-26(11-17(27)24-14-6-4-13(2)5-7-14)12-18(28)25-16-9-8-15(21)19(22)20(16)23/h4-9H,3,10-12H2,1-2H3,(H,24,27)(H,25,28). The van der Waals surface area contributed by atoms with Crippen LogP contribution in [-0.4, -0.2) is 36.3 Å². The lowest BCUT2D eigenvalue weighted by atomic mass is 10.2. The third kappa shape index (κ3) is 6.09. The Morgan fingerprint density at radius 1 is 0.893 bits per heavy atom. The summed E-state index contributed by atoms with van der Waals surface area (Å²) in [5, 5.41) is 4.94. The fraction of sp³-hybridized carbons (Fsp3) is 0.300. The fourth-order valence-electron chi connectivity index (χ4n) is 2.59. The lowest BCUT2D eigenvalue weighted by Gasteiger charge is -2.20. The SMILES string of the molecule is CCCN(CC(=O)Nc1ccc(C)cc1)CC(=O)Nc1ccc(F)c(F)c1F. The zero-order chi connectivity index (χ0) is 20.7. The van der Waals surface area contributed by atoms with E-state index in [4.69, 9.17) is 0 Å². The predicted molar refractivity (Wildman–Crippen MR) is 101 cm³/mol. The minimum atomic E-state index is -1.65. The number of rotatable bonds is 8. The molecule has 0 spiro atoms. The van der Waals surface area contributed by atoms with E-state index in [-0.39, 0.29) is 19.0 Å². The Kier molecular flexibility index (Phi) is 7.57. The maximum absolute atomic E-state index is 13.7. The van der Waals surface area contributed by atoms with E-state index in [1.165, 1.54) is 0 Å². The molecule has 2 aromatic rings. The van der Waals surface area contributed by atoms with E-state index in [1.807, 2.05) is 26.0 Å². The number of amides is 2. The van der Waals surface area contributed by atoms with Crippen LogP contribution in [0.4, 0.5) is 24.5 Å². The van der Waals surface area contributed by atoms with Gasteiger partial charge in [0.1, 0.15) is 0 Å². The quantitative estimate of drug-likeness (QED) is 0.673. The minimum Gasteiger partial charge on any atom is -0.325 e. The Bertz CT molecular complexity index is 841. The molecule has 8 heteroatoms. The van der Waals surface area contributed by atoms with Gasteiger partial charge in [0.2, 0.25) is 11.8 Å². The molecule has 0 atom stereocenters. The smallest absolute Gasteiger partial charge is 0.238 e. The molecular formula is C20H22F3N3O2. The molecule has 2 aromatic carbocycles. The van der Waals surface area contributed by atoms with E-state index in [1.54, 1.807) is 17.0 Å². The number of nitrogens with zero attached hydrogens (tertiary/aromatic N) is 1. The number of aryl methyl sites for hydroxylation is 1. The van der Waals surface area contributed by atoms with Crippen LogP contribution in [-0.2, 0) is 9.59 Å². The molecule has 0 unspecified atom stereocenters. The number of hydrogen-bond acceptors (Lipinski definition) is 3. The van der Waals surface area contributed by atoms with Gasteiger partial charge in [-0.1, -0.05) is 24.6 Å². The van der Waals surface area contributed by atoms with Gasteiger partial charge in [-0.3, -0.25) is 14.5 Å². The van der Waals surface area contributed by atoms with E-state index in [0.717, 1.165) is 17.7 Å². The first-order valence-corrected chi connectivity index (χ1v) is 8.82. The van der Waals surface area contributed by atoms with Gasteiger partial charge in [0, 0.05) is 5.69 Å². The molecule has 2 amide bonds. The molecule has 0 saturated carbocycles. The van der Waals surface area contributed by atoms with Crippen molar-refractivity contribution < 1.29 is 22.8 Å². The summed E-state index contributed by atoms with van der Waals surface area (Å²) >= 11 is 0. The van der Waals surface area contributed by atoms with Crippen LogP contribution in [0.5, 0.6) is 0 Å². The monoisotopic (exact) mass is 393 g/mol. The molecule has 0 fully saturated rings. The van der Waals surface area contributed by atoms with Crippen molar-refractivity contribution in [3.8, 4) is 0 Å². The van der Waals surface area contributed by atoms with Gasteiger partial charge in [0.25, 0.3) is 0 Å². The van der Waals surface area contributed by atoms with Gasteiger partial charge in [-0.05, 0) is 44.2 Å². The number of benzene rings is 2. The summed E-state index contributed by atoms with van der Waals surface area (Å²) in [4.78, 5) is 26.0. The third-order valence-corrected chi connectivity index (χ3v) is 3.92. The Morgan fingerprint density at radius 3 is 2.11 bits per heavy atom. The number of carbonyl (C=O) groups is 2. The van der Waals surface area contributed by atoms with Crippen LogP contribution in [0.25, 0.3) is 0 Å². The Morgan fingerprint density at radius 2 is 1.50 bits per heavy atom. The molecule has 0 heterocycles. The Hall–Kier alpha value is -2.87. The van der Waals surface area contributed by atoms with Crippen molar-refractivity contribution in [3.63, 3.8) is 0 Å². The van der Waals surface area contributed by atoms with Crippen molar-refractivity contribution in [3.05, 3.63) is 59.4 Å². The molecule has 0 radical (unpaired) electrons. The molecule has 0 bridgehead atoms. The number of anilines is 2. The Labute approximate surface area is 161 Å². The van der Waals surface area contributed by atoms with Crippen LogP contribution in [0.2, 0.25) is 0 Å². The second kappa shape index (κ2) is 9.89. The zero-order valence-corrected chi connectivity index (χ0v) is 15.7. The van der Waals surface area contributed by atoms with Gasteiger partial charge in [-0.2, -0.15) is 0 Å². The summed E-state index contributed by atoms with van der Waals surface area (Å²) in [6.45, 7) is 4.03. The highest BCUT2D eigenvalue weighted by Crippen LogP contribution is 2.19. The predicted octanol–water partition coefficient (Wildman–Crippen LogP) is 3.70. The van der Waals surface area contributed by atoms with Crippen LogP contribution in [0, 0.1) is 24.4 Å². The van der Waals surface area contributed by atoms with Gasteiger partial charge < -0.3 is 10.6 Å². The fourth-order valence-corrected chi connectivity index (χ4v) is 2.59. The summed E-state index contributed by atoms with van der Waals surface area (Å²) in [7, 11) is 0. The average molecular weight is 393 g/mol. The van der Waals surface area contributed by atoms with Crippen molar-refractivity contribution in [1.82, 2.24) is 4.90 Å². The van der Waals surface area contributed by atoms with Gasteiger partial charge >= 0.3 is 0 Å². The molecule has 150 valence electrons. The van der Waals surface area contributed by atoms with Crippen LogP contribution in [0.1, 0.15) is 18.9 Å². The third-order valence-electron chi connectivity index (χ3n) is 3.92. The van der Waals surface area contributed by atoms with E-state index in [9.17, 15) is 22.8 Å². The highest BCUT2D eigenvalue weighted by atomic mass is 19.2. The molecule has 0 aliphatic carbocycles. The largest absolute Gasteiger partial charge is 0.325 e. The van der Waals surface area contributed by atoms with Crippen molar-refractivity contribution >= 4 is 23.2 Å². The lowest BCUT2D eigenvalue weighted by molar-refractivity contribution is -0.120. The number of nitrogens with one attached hydrogen (secondary N) is 2. The maximum Gasteiger partial charge on any atom is 0.238 e. The van der Waals surface area contributed by atoms with Gasteiger partial charge in [-0.15, -0.1) is 0 Å². The number of carbonyl (C=O) groups excluding carboxylic acids is 2. The van der Waals surface area contributed by atoms with Crippen LogP contribution in [0.3, 0.4) is 0 Å². The van der Waals surface area contributed by atoms with Crippen LogP contribution >= 0.6 is 0 Å². The molecule has 0 aliphatic heterocycles. The highest BCUT2D eigenvalue weighted by Gasteiger charge is 2.18. The maximum atomic E-state index is 13.7. The molecular weight excluding hydrogens is 371 g/mol. The lowest BCUT2D eigenvalue weighted by Crippen LogP contribution is -2.39. The summed E-state index contributed by atoms with van der Waals surface area (Å²) in [6, 6.07) is 8.95. The first-order chi connectivity index (χ1) is 13.3. The van der Waals surface area contributed by atoms with Gasteiger partial charge in [0.15, 0.2) is 17.5 Å². The second-order valence-electron chi connectivity index (χ2n) is 6.40. The topological polar surface area (TPSA) is 61.4 Å². The highest BCUT2D eigenvalue weighted by molar-refractivity contribution is 5.94. The van der Waals surface area contributed by atoms with Crippen molar-refractivity contribution in [2.75, 3.05) is 30.3 Å². The summed E-state index contributed by atoms with van der Waals surface area (Å²) in [5.74, 6) is -5.39. The summed E-state index contributed by atoms with van der Waals surface area (Å²) in [6.07, 6.45) is 0.685. The number of hydrogen-bond donors (Lipinski definition) is 2. The summed E-state index contributed by atoms with van der Waals surface area (Å²) in [5.41, 5.74) is 1.25. The molecule has 2 rings (SSSR count). The number of halogens is 3. The van der Waals surface area contributed by atoms with E-state index in [2.05, 4.69) is 10.6 Å². The van der Waals surface area contributed by atoms with Crippen molar-refractivity contribution in [2.24, 2.45) is 0 Å². The van der Waals surface area contributed by atoms with Gasteiger partial charge in [-0.25, -0.2) is 13.2 Å². The normalized spacial score (nSPS) is 10.8. The van der Waals surface area contributed by atoms with E-state index >= 15 is 0 Å². The molecule has 5 nitrogen and oxygen atoms in total. The first-order valence-electron chi connectivity index (χ1n) is 8.82. The van der Waals surface area contributed by atoms with E-state index < -0.39 is 29.0 Å². The average Bonchev–Trinajstić information content (AvgIpc) is 2.64. The zero-order valence-electron chi connectivity index (χ0n) is 15.7. The second-order valence-corrected chi connectivity index (χ2v) is 6.40.